The molecule has 0 aliphatic carbocycles. The number of amides is 1. The van der Waals surface area contributed by atoms with Crippen LogP contribution in [0.1, 0.15) is 16.8 Å². The summed E-state index contributed by atoms with van der Waals surface area (Å²) < 4.78 is 0. The van der Waals surface area contributed by atoms with Crippen LogP contribution >= 0.6 is 11.3 Å². The monoisotopic (exact) mass is 353 g/mol. The summed E-state index contributed by atoms with van der Waals surface area (Å²) in [4.78, 5) is 16.5. The second-order valence-corrected chi connectivity index (χ2v) is 6.35. The minimum absolute atomic E-state index is 0.0901. The fraction of sp³-hybridized carbons (Fsp3) is 0.158. The van der Waals surface area contributed by atoms with Gasteiger partial charge in [-0.05, 0) is 24.6 Å². The number of nitrogens with zero attached hydrogens (tertiary/aromatic N) is 1. The van der Waals surface area contributed by atoms with Crippen molar-refractivity contribution in [1.29, 1.82) is 0 Å². The highest BCUT2D eigenvalue weighted by atomic mass is 32.1. The molecule has 2 aromatic carbocycles. The van der Waals surface area contributed by atoms with Crippen LogP contribution in [0.25, 0.3) is 11.3 Å². The molecule has 1 heterocycles. The van der Waals surface area contributed by atoms with Crippen LogP contribution in [-0.4, -0.2) is 29.1 Å². The summed E-state index contributed by atoms with van der Waals surface area (Å²) in [5.41, 5.74) is 2.52. The second kappa shape index (κ2) is 8.30. The zero-order chi connectivity index (χ0) is 17.5. The number of carbonyl (C=O) groups is 1. The Hall–Kier alpha value is -2.86. The molecule has 0 bridgehead atoms. The fourth-order valence-electron chi connectivity index (χ4n) is 2.33. The van der Waals surface area contributed by atoms with Crippen molar-refractivity contribution in [2.24, 2.45) is 0 Å². The van der Waals surface area contributed by atoms with Gasteiger partial charge in [-0.2, -0.15) is 0 Å². The molecule has 0 saturated heterocycles. The number of thiazole rings is 1. The number of rotatable bonds is 7. The van der Waals surface area contributed by atoms with Crippen LogP contribution in [0.3, 0.4) is 0 Å². The van der Waals surface area contributed by atoms with Gasteiger partial charge in [0.1, 0.15) is 5.75 Å². The molecule has 0 aliphatic rings. The van der Waals surface area contributed by atoms with Gasteiger partial charge in [-0.15, -0.1) is 11.3 Å². The minimum Gasteiger partial charge on any atom is -0.508 e. The Kier molecular flexibility index (Phi) is 5.64. The number of hydrogen-bond acceptors (Lipinski definition) is 5. The average Bonchev–Trinajstić information content (AvgIpc) is 3.11. The first-order valence-corrected chi connectivity index (χ1v) is 8.92. The lowest BCUT2D eigenvalue weighted by Gasteiger charge is -2.06. The van der Waals surface area contributed by atoms with E-state index in [4.69, 9.17) is 0 Å². The smallest absolute Gasteiger partial charge is 0.251 e. The maximum Gasteiger partial charge on any atom is 0.251 e. The number of hydrogen-bond donors (Lipinski definition) is 3. The Labute approximate surface area is 150 Å². The summed E-state index contributed by atoms with van der Waals surface area (Å²) in [5.74, 6) is -0.0937. The summed E-state index contributed by atoms with van der Waals surface area (Å²) in [5, 5.41) is 18.4. The lowest BCUT2D eigenvalue weighted by atomic mass is 10.2. The average molecular weight is 353 g/mol. The van der Waals surface area contributed by atoms with E-state index in [2.05, 4.69) is 15.6 Å². The van der Waals surface area contributed by atoms with Crippen LogP contribution in [0.15, 0.2) is 60.0 Å². The van der Waals surface area contributed by atoms with Crippen molar-refractivity contribution in [2.45, 2.75) is 6.42 Å². The Morgan fingerprint density at radius 3 is 2.72 bits per heavy atom. The molecule has 0 unspecified atom stereocenters. The first-order chi connectivity index (χ1) is 12.2. The van der Waals surface area contributed by atoms with Crippen molar-refractivity contribution in [1.82, 2.24) is 10.3 Å². The fourth-order valence-corrected chi connectivity index (χ4v) is 3.08. The lowest BCUT2D eigenvalue weighted by molar-refractivity contribution is 0.0953. The van der Waals surface area contributed by atoms with Gasteiger partial charge in [-0.1, -0.05) is 36.4 Å². The highest BCUT2D eigenvalue weighted by Gasteiger charge is 2.06. The molecule has 1 amide bonds. The Morgan fingerprint density at radius 1 is 1.08 bits per heavy atom. The molecule has 3 N–H and O–H groups in total. The van der Waals surface area contributed by atoms with E-state index in [1.807, 2.05) is 35.7 Å². The van der Waals surface area contributed by atoms with Gasteiger partial charge in [-0.25, -0.2) is 4.98 Å². The molecule has 1 aromatic heterocycles. The van der Waals surface area contributed by atoms with Crippen LogP contribution in [0.5, 0.6) is 5.75 Å². The molecule has 3 rings (SSSR count). The summed E-state index contributed by atoms with van der Waals surface area (Å²) in [7, 11) is 0. The van der Waals surface area contributed by atoms with E-state index in [0.717, 1.165) is 29.4 Å². The molecule has 25 heavy (non-hydrogen) atoms. The van der Waals surface area contributed by atoms with Crippen molar-refractivity contribution in [3.05, 3.63) is 65.5 Å². The van der Waals surface area contributed by atoms with Crippen molar-refractivity contribution < 1.29 is 9.90 Å². The molecule has 0 fully saturated rings. The van der Waals surface area contributed by atoms with Crippen LogP contribution in [0.2, 0.25) is 0 Å². The Bertz CT molecular complexity index is 833. The third-order valence-corrected chi connectivity index (χ3v) is 4.40. The number of nitrogens with one attached hydrogen (secondary N) is 2. The quantitative estimate of drug-likeness (QED) is 0.566. The third-order valence-electron chi connectivity index (χ3n) is 3.60. The molecule has 128 valence electrons. The molecular weight excluding hydrogens is 334 g/mol. The van der Waals surface area contributed by atoms with Gasteiger partial charge in [0.15, 0.2) is 5.13 Å². The first kappa shape index (κ1) is 17.0. The van der Waals surface area contributed by atoms with Crippen LogP contribution in [0.4, 0.5) is 5.13 Å². The minimum atomic E-state index is -0.184. The molecule has 0 saturated carbocycles. The normalized spacial score (nSPS) is 10.4. The maximum absolute atomic E-state index is 11.9. The van der Waals surface area contributed by atoms with Crippen LogP contribution < -0.4 is 10.6 Å². The number of anilines is 1. The van der Waals surface area contributed by atoms with E-state index in [0.29, 0.717) is 12.1 Å². The predicted octanol–water partition coefficient (Wildman–Crippen LogP) is 3.75. The van der Waals surface area contributed by atoms with Crippen LogP contribution in [-0.2, 0) is 0 Å². The molecular formula is C19H19N3O2S. The topological polar surface area (TPSA) is 74.2 Å². The van der Waals surface area contributed by atoms with Crippen molar-refractivity contribution in [2.75, 3.05) is 18.4 Å². The number of benzene rings is 2. The number of phenols is 1. The summed E-state index contributed by atoms with van der Waals surface area (Å²) in [6, 6.07) is 16.4. The Balaban J connectivity index is 1.40. The predicted molar refractivity (Wildman–Crippen MR) is 101 cm³/mol. The van der Waals surface area contributed by atoms with E-state index in [-0.39, 0.29) is 11.7 Å². The zero-order valence-electron chi connectivity index (χ0n) is 13.6. The van der Waals surface area contributed by atoms with E-state index in [9.17, 15) is 9.90 Å². The first-order valence-electron chi connectivity index (χ1n) is 8.04. The molecule has 5 nitrogen and oxygen atoms in total. The van der Waals surface area contributed by atoms with Crippen molar-refractivity contribution >= 4 is 22.4 Å². The molecule has 6 heteroatoms. The number of carbonyl (C=O) groups excluding carboxylic acids is 1. The van der Waals surface area contributed by atoms with E-state index in [1.165, 1.54) is 6.07 Å². The lowest BCUT2D eigenvalue weighted by Crippen LogP contribution is -2.25. The van der Waals surface area contributed by atoms with E-state index < -0.39 is 0 Å². The maximum atomic E-state index is 11.9. The van der Waals surface area contributed by atoms with Gasteiger partial charge in [0, 0.05) is 29.6 Å². The number of aromatic nitrogens is 1. The number of aromatic hydroxyl groups is 1. The number of phenolic OH excluding ortho intramolecular Hbond substituents is 1. The van der Waals surface area contributed by atoms with Gasteiger partial charge in [0.25, 0.3) is 5.91 Å². The highest BCUT2D eigenvalue weighted by Crippen LogP contribution is 2.24. The molecule has 3 aromatic rings. The van der Waals surface area contributed by atoms with E-state index >= 15 is 0 Å². The van der Waals surface area contributed by atoms with Crippen molar-refractivity contribution in [3.63, 3.8) is 0 Å². The molecule has 0 radical (unpaired) electrons. The standard InChI is InChI=1S/C19H19N3O2S/c23-16-9-4-8-15(12-16)18(24)20-10-5-11-21-19-22-17(13-25-19)14-6-2-1-3-7-14/h1-4,6-9,12-13,23H,5,10-11H2,(H,20,24)(H,21,22). The van der Waals surface area contributed by atoms with Gasteiger partial charge in [-0.3, -0.25) is 4.79 Å². The van der Waals surface area contributed by atoms with Gasteiger partial charge in [0.2, 0.25) is 0 Å². The van der Waals surface area contributed by atoms with Crippen molar-refractivity contribution in [3.8, 4) is 17.0 Å². The SMILES string of the molecule is O=C(NCCCNc1nc(-c2ccccc2)cs1)c1cccc(O)c1. The molecule has 0 aliphatic heterocycles. The van der Waals surface area contributed by atoms with E-state index in [1.54, 1.807) is 29.5 Å². The van der Waals surface area contributed by atoms with Gasteiger partial charge >= 0.3 is 0 Å². The molecule has 0 spiro atoms. The van der Waals surface area contributed by atoms with Crippen LogP contribution in [0, 0.1) is 0 Å². The molecule has 0 atom stereocenters. The Morgan fingerprint density at radius 2 is 1.92 bits per heavy atom. The van der Waals surface area contributed by atoms with Gasteiger partial charge in [0.05, 0.1) is 5.69 Å². The largest absolute Gasteiger partial charge is 0.508 e. The zero-order valence-corrected chi connectivity index (χ0v) is 14.4. The second-order valence-electron chi connectivity index (χ2n) is 5.49. The third kappa shape index (κ3) is 4.81. The van der Waals surface area contributed by atoms with Gasteiger partial charge < -0.3 is 15.7 Å². The summed E-state index contributed by atoms with van der Waals surface area (Å²) in [6.45, 7) is 1.28. The highest BCUT2D eigenvalue weighted by molar-refractivity contribution is 7.14. The summed E-state index contributed by atoms with van der Waals surface area (Å²) >= 11 is 1.57. The summed E-state index contributed by atoms with van der Waals surface area (Å²) in [6.07, 6.45) is 0.783.